The molecule has 0 aliphatic carbocycles. The van der Waals surface area contributed by atoms with Crippen LogP contribution in [0.4, 0.5) is 11.4 Å². The number of rotatable bonds is 4. The van der Waals surface area contributed by atoms with Crippen LogP contribution < -0.4 is 11.1 Å². The number of hydrogen-bond donors (Lipinski definition) is 2. The molecule has 0 aliphatic rings. The first kappa shape index (κ1) is 11.3. The number of nitrogen functional groups attached to an aromatic ring is 1. The fourth-order valence-corrected chi connectivity index (χ4v) is 1.19. The first-order valence-corrected chi connectivity index (χ1v) is 4.81. The molecule has 0 unspecified atom stereocenters. The van der Waals surface area contributed by atoms with E-state index in [-0.39, 0.29) is 0 Å². The number of likely N-dealkylation sites (N-methyl/N-ethyl adjacent to an activating group) is 1. The van der Waals surface area contributed by atoms with Crippen molar-refractivity contribution in [2.45, 2.75) is 0 Å². The predicted molar refractivity (Wildman–Crippen MR) is 62.6 cm³/mol. The molecule has 0 spiro atoms. The van der Waals surface area contributed by atoms with Crippen LogP contribution in [0, 0.1) is 11.3 Å². The van der Waals surface area contributed by atoms with Crippen LogP contribution in [0.3, 0.4) is 0 Å². The maximum absolute atomic E-state index is 8.79. The quantitative estimate of drug-likeness (QED) is 0.721. The normalized spacial score (nSPS) is 10.0. The molecular weight excluding hydrogens is 188 g/mol. The standard InChI is InChI=1S/C11H16N4/c1-15(2)6-5-14-10-3-4-11(13)9(7-10)8-12/h3-4,7,14H,5-6,13H2,1-2H3. The van der Waals surface area contributed by atoms with Crippen LogP contribution in [0.15, 0.2) is 18.2 Å². The van der Waals surface area contributed by atoms with Gasteiger partial charge in [-0.15, -0.1) is 0 Å². The number of nitrogens with one attached hydrogen (secondary N) is 1. The summed E-state index contributed by atoms with van der Waals surface area (Å²) in [7, 11) is 4.04. The van der Waals surface area contributed by atoms with Gasteiger partial charge in [-0.3, -0.25) is 0 Å². The van der Waals surface area contributed by atoms with Gasteiger partial charge in [0.25, 0.3) is 0 Å². The van der Waals surface area contributed by atoms with Gasteiger partial charge in [0.1, 0.15) is 6.07 Å². The zero-order valence-electron chi connectivity index (χ0n) is 9.12. The molecule has 0 heterocycles. The van der Waals surface area contributed by atoms with E-state index in [0.29, 0.717) is 11.3 Å². The fourth-order valence-electron chi connectivity index (χ4n) is 1.19. The second-order valence-electron chi connectivity index (χ2n) is 3.64. The maximum atomic E-state index is 8.79. The fraction of sp³-hybridized carbons (Fsp3) is 0.364. The Morgan fingerprint density at radius 2 is 2.20 bits per heavy atom. The first-order valence-electron chi connectivity index (χ1n) is 4.81. The lowest BCUT2D eigenvalue weighted by Gasteiger charge is -2.11. The lowest BCUT2D eigenvalue weighted by atomic mass is 10.2. The predicted octanol–water partition coefficient (Wildman–Crippen LogP) is 1.11. The van der Waals surface area contributed by atoms with Crippen LogP contribution in [-0.2, 0) is 0 Å². The Balaban J connectivity index is 2.60. The number of hydrogen-bond acceptors (Lipinski definition) is 4. The van der Waals surface area contributed by atoms with Crippen LogP contribution in [0.5, 0.6) is 0 Å². The minimum atomic E-state index is 0.518. The molecule has 0 bridgehead atoms. The molecule has 1 aromatic rings. The molecule has 0 aromatic heterocycles. The molecular formula is C11H16N4. The van der Waals surface area contributed by atoms with Gasteiger partial charge in [0, 0.05) is 24.5 Å². The molecule has 0 aliphatic heterocycles. The highest BCUT2D eigenvalue weighted by Crippen LogP contribution is 2.16. The zero-order valence-corrected chi connectivity index (χ0v) is 9.12. The summed E-state index contributed by atoms with van der Waals surface area (Å²) in [5.41, 5.74) is 7.59. The number of anilines is 2. The van der Waals surface area contributed by atoms with Gasteiger partial charge in [0.15, 0.2) is 0 Å². The van der Waals surface area contributed by atoms with Crippen molar-refractivity contribution < 1.29 is 0 Å². The van der Waals surface area contributed by atoms with E-state index in [1.54, 1.807) is 12.1 Å². The molecule has 15 heavy (non-hydrogen) atoms. The van der Waals surface area contributed by atoms with Crippen LogP contribution in [0.1, 0.15) is 5.56 Å². The van der Waals surface area contributed by atoms with Crippen molar-refractivity contribution in [1.29, 1.82) is 5.26 Å². The zero-order chi connectivity index (χ0) is 11.3. The number of nitrogens with two attached hydrogens (primary N) is 1. The second-order valence-corrected chi connectivity index (χ2v) is 3.64. The molecule has 0 saturated heterocycles. The molecule has 80 valence electrons. The Kier molecular flexibility index (Phi) is 3.95. The Morgan fingerprint density at radius 1 is 1.47 bits per heavy atom. The number of nitrogens with zero attached hydrogens (tertiary/aromatic N) is 2. The largest absolute Gasteiger partial charge is 0.398 e. The Bertz CT molecular complexity index is 365. The van der Waals surface area contributed by atoms with Crippen LogP contribution in [0.2, 0.25) is 0 Å². The third kappa shape index (κ3) is 3.49. The molecule has 3 N–H and O–H groups in total. The molecule has 1 aromatic carbocycles. The summed E-state index contributed by atoms with van der Waals surface area (Å²) in [5, 5.41) is 12.0. The van der Waals surface area contributed by atoms with Crippen molar-refractivity contribution in [3.63, 3.8) is 0 Å². The topological polar surface area (TPSA) is 65.1 Å². The van der Waals surface area contributed by atoms with Crippen LogP contribution in [-0.4, -0.2) is 32.1 Å². The van der Waals surface area contributed by atoms with Crippen LogP contribution in [0.25, 0.3) is 0 Å². The monoisotopic (exact) mass is 204 g/mol. The van der Waals surface area contributed by atoms with Gasteiger partial charge < -0.3 is 16.0 Å². The summed E-state index contributed by atoms with van der Waals surface area (Å²) >= 11 is 0. The van der Waals surface area contributed by atoms with Crippen molar-refractivity contribution in [3.05, 3.63) is 23.8 Å². The second kappa shape index (κ2) is 5.23. The molecule has 0 fully saturated rings. The van der Waals surface area contributed by atoms with Crippen molar-refractivity contribution >= 4 is 11.4 Å². The summed E-state index contributed by atoms with van der Waals surface area (Å²) in [6.07, 6.45) is 0. The van der Waals surface area contributed by atoms with Gasteiger partial charge in [-0.25, -0.2) is 0 Å². The van der Waals surface area contributed by atoms with Gasteiger partial charge in [-0.2, -0.15) is 5.26 Å². The average molecular weight is 204 g/mol. The molecule has 1 rings (SSSR count). The van der Waals surface area contributed by atoms with E-state index in [0.717, 1.165) is 18.8 Å². The molecule has 0 saturated carbocycles. The van der Waals surface area contributed by atoms with Crippen molar-refractivity contribution in [3.8, 4) is 6.07 Å². The van der Waals surface area contributed by atoms with E-state index in [2.05, 4.69) is 16.3 Å². The van der Waals surface area contributed by atoms with Gasteiger partial charge in [0.05, 0.1) is 5.56 Å². The molecule has 4 heteroatoms. The van der Waals surface area contributed by atoms with Gasteiger partial charge in [-0.1, -0.05) is 0 Å². The minimum absolute atomic E-state index is 0.518. The summed E-state index contributed by atoms with van der Waals surface area (Å²) in [4.78, 5) is 2.09. The average Bonchev–Trinajstić information content (AvgIpc) is 2.20. The highest BCUT2D eigenvalue weighted by molar-refractivity contribution is 5.61. The molecule has 0 atom stereocenters. The number of benzene rings is 1. The van der Waals surface area contributed by atoms with Gasteiger partial charge >= 0.3 is 0 Å². The highest BCUT2D eigenvalue weighted by atomic mass is 15.1. The Labute approximate surface area is 90.3 Å². The van der Waals surface area contributed by atoms with E-state index in [4.69, 9.17) is 11.0 Å². The van der Waals surface area contributed by atoms with E-state index in [9.17, 15) is 0 Å². The van der Waals surface area contributed by atoms with E-state index >= 15 is 0 Å². The first-order chi connectivity index (χ1) is 7.13. The highest BCUT2D eigenvalue weighted by Gasteiger charge is 1.99. The molecule has 0 radical (unpaired) electrons. The smallest absolute Gasteiger partial charge is 0.101 e. The Hall–Kier alpha value is -1.73. The van der Waals surface area contributed by atoms with Gasteiger partial charge in [0.2, 0.25) is 0 Å². The van der Waals surface area contributed by atoms with E-state index in [1.807, 2.05) is 20.2 Å². The lowest BCUT2D eigenvalue weighted by Crippen LogP contribution is -2.20. The maximum Gasteiger partial charge on any atom is 0.101 e. The SMILES string of the molecule is CN(C)CCNc1ccc(N)c(C#N)c1. The summed E-state index contributed by atoms with van der Waals surface area (Å²) < 4.78 is 0. The third-order valence-corrected chi connectivity index (χ3v) is 2.06. The molecule has 0 amide bonds. The van der Waals surface area contributed by atoms with Crippen molar-refractivity contribution in [2.75, 3.05) is 38.2 Å². The van der Waals surface area contributed by atoms with E-state index < -0.39 is 0 Å². The number of nitriles is 1. The summed E-state index contributed by atoms with van der Waals surface area (Å²) in [6.45, 7) is 1.80. The molecule has 4 nitrogen and oxygen atoms in total. The lowest BCUT2D eigenvalue weighted by molar-refractivity contribution is 0.425. The Morgan fingerprint density at radius 3 is 2.80 bits per heavy atom. The van der Waals surface area contributed by atoms with E-state index in [1.165, 1.54) is 0 Å². The van der Waals surface area contributed by atoms with Crippen molar-refractivity contribution in [2.24, 2.45) is 0 Å². The van der Waals surface area contributed by atoms with Crippen molar-refractivity contribution in [1.82, 2.24) is 4.90 Å². The summed E-state index contributed by atoms with van der Waals surface area (Å²) in [6, 6.07) is 7.46. The summed E-state index contributed by atoms with van der Waals surface area (Å²) in [5.74, 6) is 0. The minimum Gasteiger partial charge on any atom is -0.398 e. The van der Waals surface area contributed by atoms with Crippen LogP contribution >= 0.6 is 0 Å². The third-order valence-electron chi connectivity index (χ3n) is 2.06. The van der Waals surface area contributed by atoms with Gasteiger partial charge in [-0.05, 0) is 32.3 Å².